The molecule has 0 amide bonds. The summed E-state index contributed by atoms with van der Waals surface area (Å²) in [4.78, 5) is 12.1. The number of hydrogen-bond donors (Lipinski definition) is 0. The Kier molecular flexibility index (Phi) is 3.48. The van der Waals surface area contributed by atoms with E-state index in [0.29, 0.717) is 23.6 Å². The van der Waals surface area contributed by atoms with Gasteiger partial charge in [-0.2, -0.15) is 27.8 Å². The van der Waals surface area contributed by atoms with Crippen LogP contribution in [-0.2, 0) is 12.6 Å². The summed E-state index contributed by atoms with van der Waals surface area (Å²) in [5, 5.41) is 3.89. The van der Waals surface area contributed by atoms with Crippen molar-refractivity contribution in [2.75, 3.05) is 0 Å². The van der Waals surface area contributed by atoms with Gasteiger partial charge in [0.1, 0.15) is 12.0 Å². The normalized spacial score (nSPS) is 12.0. The Bertz CT molecular complexity index is 843. The van der Waals surface area contributed by atoms with E-state index in [1.165, 1.54) is 10.8 Å². The molecule has 0 aliphatic heterocycles. The first-order chi connectivity index (χ1) is 10.4. The lowest BCUT2D eigenvalue weighted by Gasteiger charge is -2.10. The van der Waals surface area contributed by atoms with Crippen molar-refractivity contribution in [3.8, 4) is 11.4 Å². The zero-order valence-electron chi connectivity index (χ0n) is 11.3. The molecule has 0 aromatic carbocycles. The second-order valence-corrected chi connectivity index (χ2v) is 4.92. The van der Waals surface area contributed by atoms with Crippen LogP contribution < -0.4 is 0 Å². The molecule has 3 aromatic heterocycles. The number of aromatic nitrogens is 5. The molecular weight excluding hydrogens is 319 g/mol. The zero-order chi connectivity index (χ0) is 15.9. The van der Waals surface area contributed by atoms with Gasteiger partial charge in [0.2, 0.25) is 0 Å². The van der Waals surface area contributed by atoms with E-state index >= 15 is 0 Å². The quantitative estimate of drug-likeness (QED) is 0.723. The van der Waals surface area contributed by atoms with Crippen LogP contribution in [0.2, 0.25) is 5.02 Å². The van der Waals surface area contributed by atoms with Crippen LogP contribution in [-0.4, -0.2) is 24.6 Å². The highest BCUT2D eigenvalue weighted by Crippen LogP contribution is 2.34. The molecule has 5 nitrogen and oxygen atoms in total. The van der Waals surface area contributed by atoms with Gasteiger partial charge < -0.3 is 0 Å². The highest BCUT2D eigenvalue weighted by molar-refractivity contribution is 6.33. The van der Waals surface area contributed by atoms with Crippen LogP contribution in [0.3, 0.4) is 0 Å². The number of rotatable bonds is 2. The monoisotopic (exact) mass is 327 g/mol. The van der Waals surface area contributed by atoms with E-state index in [4.69, 9.17) is 11.6 Å². The summed E-state index contributed by atoms with van der Waals surface area (Å²) in [5.41, 5.74) is 0.453. The maximum Gasteiger partial charge on any atom is 0.417 e. The first-order valence-electron chi connectivity index (χ1n) is 6.33. The van der Waals surface area contributed by atoms with E-state index in [1.54, 1.807) is 6.07 Å². The fourth-order valence-electron chi connectivity index (χ4n) is 1.99. The third kappa shape index (κ3) is 2.50. The van der Waals surface area contributed by atoms with E-state index in [-0.39, 0.29) is 10.7 Å². The Morgan fingerprint density at radius 3 is 2.64 bits per heavy atom. The third-order valence-electron chi connectivity index (χ3n) is 3.08. The predicted octanol–water partition coefficient (Wildman–Crippen LogP) is 3.42. The van der Waals surface area contributed by atoms with Gasteiger partial charge in [0, 0.05) is 11.9 Å². The Labute approximate surface area is 127 Å². The summed E-state index contributed by atoms with van der Waals surface area (Å²) in [7, 11) is 0. The summed E-state index contributed by atoms with van der Waals surface area (Å²) in [6.45, 7) is 1.90. The third-order valence-corrected chi connectivity index (χ3v) is 3.37. The standard InChI is InChI=1S/C13H9ClF3N5/c1-2-8-4-10(22-12(21-8)19-6-20-22)11-9(14)3-7(5-18-11)13(15,16)17/h3-6H,2H2,1H3. The van der Waals surface area contributed by atoms with Gasteiger partial charge in [0.05, 0.1) is 16.3 Å². The Morgan fingerprint density at radius 2 is 2.00 bits per heavy atom. The van der Waals surface area contributed by atoms with E-state index in [2.05, 4.69) is 20.1 Å². The number of hydrogen-bond acceptors (Lipinski definition) is 4. The average Bonchev–Trinajstić information content (AvgIpc) is 2.93. The van der Waals surface area contributed by atoms with Crippen molar-refractivity contribution in [3.05, 3.63) is 40.9 Å². The molecule has 0 fully saturated rings. The Hall–Kier alpha value is -2.22. The van der Waals surface area contributed by atoms with Crippen LogP contribution in [0.4, 0.5) is 13.2 Å². The Balaban J connectivity index is 2.21. The molecule has 0 atom stereocenters. The summed E-state index contributed by atoms with van der Waals surface area (Å²) >= 11 is 5.99. The smallest absolute Gasteiger partial charge is 0.252 e. The van der Waals surface area contributed by atoms with Crippen molar-refractivity contribution in [3.63, 3.8) is 0 Å². The molecule has 3 heterocycles. The van der Waals surface area contributed by atoms with Gasteiger partial charge in [-0.25, -0.2) is 4.98 Å². The minimum atomic E-state index is -4.50. The maximum absolute atomic E-state index is 12.7. The summed E-state index contributed by atoms with van der Waals surface area (Å²) in [5.74, 6) is 0.340. The number of halogens is 4. The molecule has 0 radical (unpaired) electrons. The van der Waals surface area contributed by atoms with E-state index < -0.39 is 11.7 Å². The van der Waals surface area contributed by atoms with Crippen molar-refractivity contribution in [2.24, 2.45) is 0 Å². The minimum Gasteiger partial charge on any atom is -0.252 e. The zero-order valence-corrected chi connectivity index (χ0v) is 12.0. The van der Waals surface area contributed by atoms with E-state index in [9.17, 15) is 13.2 Å². The molecule has 0 N–H and O–H groups in total. The van der Waals surface area contributed by atoms with Gasteiger partial charge >= 0.3 is 6.18 Å². The fourth-order valence-corrected chi connectivity index (χ4v) is 2.26. The molecule has 0 aliphatic carbocycles. The molecule has 0 saturated heterocycles. The first kappa shape index (κ1) is 14.7. The van der Waals surface area contributed by atoms with Gasteiger partial charge in [0.25, 0.3) is 5.78 Å². The SMILES string of the molecule is CCc1cc(-c2ncc(C(F)(F)F)cc2Cl)n2ncnc2n1. The van der Waals surface area contributed by atoms with Crippen molar-refractivity contribution >= 4 is 17.4 Å². The molecule has 0 spiro atoms. The van der Waals surface area contributed by atoms with Crippen molar-refractivity contribution in [1.29, 1.82) is 0 Å². The van der Waals surface area contributed by atoms with Crippen LogP contribution in [0.1, 0.15) is 18.2 Å². The second-order valence-electron chi connectivity index (χ2n) is 4.51. The average molecular weight is 328 g/mol. The highest BCUT2D eigenvalue weighted by atomic mass is 35.5. The van der Waals surface area contributed by atoms with Crippen molar-refractivity contribution in [1.82, 2.24) is 24.6 Å². The van der Waals surface area contributed by atoms with Gasteiger partial charge in [-0.3, -0.25) is 4.98 Å². The molecule has 0 unspecified atom stereocenters. The van der Waals surface area contributed by atoms with Gasteiger partial charge in [-0.15, -0.1) is 0 Å². The lowest BCUT2D eigenvalue weighted by Crippen LogP contribution is -2.07. The van der Waals surface area contributed by atoms with E-state index in [1.807, 2.05) is 6.92 Å². The predicted molar refractivity (Wildman–Crippen MR) is 73.4 cm³/mol. The number of pyridine rings is 1. The molecule has 0 bridgehead atoms. The largest absolute Gasteiger partial charge is 0.417 e. The molecule has 3 aromatic rings. The lowest BCUT2D eigenvalue weighted by atomic mass is 10.2. The minimum absolute atomic E-state index is 0.111. The molecule has 3 rings (SSSR count). The van der Waals surface area contributed by atoms with E-state index in [0.717, 1.165) is 12.3 Å². The van der Waals surface area contributed by atoms with Crippen LogP contribution >= 0.6 is 11.6 Å². The van der Waals surface area contributed by atoms with Crippen LogP contribution in [0, 0.1) is 0 Å². The molecule has 22 heavy (non-hydrogen) atoms. The summed E-state index contributed by atoms with van der Waals surface area (Å²) < 4.78 is 39.5. The molecule has 0 saturated carbocycles. The summed E-state index contributed by atoms with van der Waals surface area (Å²) in [6.07, 6.45) is -1.81. The van der Waals surface area contributed by atoms with Crippen molar-refractivity contribution < 1.29 is 13.2 Å². The second kappa shape index (κ2) is 5.20. The summed E-state index contributed by atoms with van der Waals surface area (Å²) in [6, 6.07) is 2.53. The topological polar surface area (TPSA) is 56.0 Å². The highest BCUT2D eigenvalue weighted by Gasteiger charge is 2.32. The molecular formula is C13H9ClF3N5. The number of fused-ring (bicyclic) bond motifs is 1. The van der Waals surface area contributed by atoms with Gasteiger partial charge in [-0.05, 0) is 18.6 Å². The van der Waals surface area contributed by atoms with Crippen LogP contribution in [0.5, 0.6) is 0 Å². The molecule has 9 heteroatoms. The van der Waals surface area contributed by atoms with Gasteiger partial charge in [-0.1, -0.05) is 18.5 Å². The Morgan fingerprint density at radius 1 is 1.23 bits per heavy atom. The fraction of sp³-hybridized carbons (Fsp3) is 0.231. The van der Waals surface area contributed by atoms with Crippen LogP contribution in [0.15, 0.2) is 24.7 Å². The number of nitrogens with zero attached hydrogens (tertiary/aromatic N) is 5. The van der Waals surface area contributed by atoms with Gasteiger partial charge in [0.15, 0.2) is 0 Å². The first-order valence-corrected chi connectivity index (χ1v) is 6.70. The number of aryl methyl sites for hydroxylation is 1. The maximum atomic E-state index is 12.7. The molecule has 0 aliphatic rings. The molecule has 114 valence electrons. The lowest BCUT2D eigenvalue weighted by molar-refractivity contribution is -0.137. The van der Waals surface area contributed by atoms with Crippen LogP contribution in [0.25, 0.3) is 17.2 Å². The van der Waals surface area contributed by atoms with Crippen molar-refractivity contribution in [2.45, 2.75) is 19.5 Å². The number of alkyl halides is 3.